The number of nitriles is 2. The fourth-order valence-corrected chi connectivity index (χ4v) is 4.27. The fourth-order valence-electron chi connectivity index (χ4n) is 4.27. The molecule has 3 rings (SSSR count). The van der Waals surface area contributed by atoms with Crippen molar-refractivity contribution in [2.75, 3.05) is 0 Å². The van der Waals surface area contributed by atoms with Crippen LogP contribution in [0.3, 0.4) is 0 Å². The first-order valence-electron chi connectivity index (χ1n) is 6.97. The van der Waals surface area contributed by atoms with Crippen LogP contribution in [-0.2, 0) is 0 Å². The maximum Gasteiger partial charge on any atom is 0.0943 e. The summed E-state index contributed by atoms with van der Waals surface area (Å²) >= 11 is 0. The first-order chi connectivity index (χ1) is 8.74. The Hall–Kier alpha value is -1.54. The zero-order valence-electron chi connectivity index (χ0n) is 10.7. The van der Waals surface area contributed by atoms with Crippen LogP contribution in [0.5, 0.6) is 0 Å². The van der Waals surface area contributed by atoms with Gasteiger partial charge in [0.2, 0.25) is 0 Å². The van der Waals surface area contributed by atoms with E-state index in [9.17, 15) is 0 Å². The third kappa shape index (κ3) is 1.45. The van der Waals surface area contributed by atoms with Crippen LogP contribution in [0.15, 0.2) is 23.3 Å². The van der Waals surface area contributed by atoms with E-state index in [-0.39, 0.29) is 10.8 Å². The van der Waals surface area contributed by atoms with Crippen molar-refractivity contribution >= 4 is 0 Å². The Morgan fingerprint density at radius 3 is 1.56 bits per heavy atom. The number of fused-ring (bicyclic) bond motifs is 1. The van der Waals surface area contributed by atoms with Crippen LogP contribution >= 0.6 is 0 Å². The molecule has 0 bridgehead atoms. The highest BCUT2D eigenvalue weighted by atomic mass is 14.6. The minimum Gasteiger partial charge on any atom is -0.193 e. The van der Waals surface area contributed by atoms with Crippen molar-refractivity contribution in [3.05, 3.63) is 23.3 Å². The molecular weight excluding hydrogens is 220 g/mol. The van der Waals surface area contributed by atoms with Crippen molar-refractivity contribution in [2.24, 2.45) is 10.8 Å². The van der Waals surface area contributed by atoms with Gasteiger partial charge in [0, 0.05) is 11.1 Å². The topological polar surface area (TPSA) is 47.6 Å². The summed E-state index contributed by atoms with van der Waals surface area (Å²) in [6.45, 7) is 0. The van der Waals surface area contributed by atoms with E-state index in [0.29, 0.717) is 0 Å². The van der Waals surface area contributed by atoms with Crippen molar-refractivity contribution in [2.45, 2.75) is 51.4 Å². The van der Waals surface area contributed by atoms with Crippen LogP contribution in [0.2, 0.25) is 0 Å². The average Bonchev–Trinajstić information content (AvgIpc) is 2.46. The largest absolute Gasteiger partial charge is 0.193 e. The van der Waals surface area contributed by atoms with Crippen LogP contribution in [0.4, 0.5) is 0 Å². The first kappa shape index (κ1) is 11.5. The molecule has 0 N–H and O–H groups in total. The third-order valence-corrected chi connectivity index (χ3v) is 5.34. The number of allylic oxidation sites excluding steroid dienone is 4. The van der Waals surface area contributed by atoms with Gasteiger partial charge in [0.15, 0.2) is 0 Å². The smallest absolute Gasteiger partial charge is 0.0943 e. The summed E-state index contributed by atoms with van der Waals surface area (Å²) in [5, 5.41) is 18.3. The Bertz CT molecular complexity index is 466. The van der Waals surface area contributed by atoms with E-state index in [1.807, 2.05) is 0 Å². The molecule has 3 aliphatic rings. The Morgan fingerprint density at radius 1 is 0.778 bits per heavy atom. The van der Waals surface area contributed by atoms with E-state index >= 15 is 0 Å². The van der Waals surface area contributed by atoms with Gasteiger partial charge in [0.25, 0.3) is 0 Å². The van der Waals surface area contributed by atoms with E-state index in [2.05, 4.69) is 24.3 Å². The summed E-state index contributed by atoms with van der Waals surface area (Å²) in [6, 6.07) is 4.70. The molecule has 1 saturated carbocycles. The van der Waals surface area contributed by atoms with Gasteiger partial charge >= 0.3 is 0 Å². The minimum absolute atomic E-state index is 0.207. The summed E-state index contributed by atoms with van der Waals surface area (Å²) in [5.41, 5.74) is 2.35. The zero-order chi connectivity index (χ0) is 12.6. The SMILES string of the molecule is N#CC1=C[C@@]2(CCC1)CC[C@]21C=C(C#N)CCC1. The van der Waals surface area contributed by atoms with Crippen molar-refractivity contribution in [3.63, 3.8) is 0 Å². The maximum absolute atomic E-state index is 9.14. The Labute approximate surface area is 109 Å². The van der Waals surface area contributed by atoms with Crippen LogP contribution < -0.4 is 0 Å². The van der Waals surface area contributed by atoms with Crippen molar-refractivity contribution in [1.29, 1.82) is 10.5 Å². The number of rotatable bonds is 0. The Kier molecular flexibility index (Phi) is 2.56. The van der Waals surface area contributed by atoms with Gasteiger partial charge in [-0.2, -0.15) is 10.5 Å². The summed E-state index contributed by atoms with van der Waals surface area (Å²) in [7, 11) is 0. The fraction of sp³-hybridized carbons (Fsp3) is 0.625. The van der Waals surface area contributed by atoms with Gasteiger partial charge in [-0.25, -0.2) is 0 Å². The second-order valence-electron chi connectivity index (χ2n) is 6.08. The Balaban J connectivity index is 2.00. The molecule has 2 heteroatoms. The van der Waals surface area contributed by atoms with Gasteiger partial charge in [-0.15, -0.1) is 0 Å². The Morgan fingerprint density at radius 2 is 1.22 bits per heavy atom. The molecule has 0 radical (unpaired) electrons. The molecular formula is C16H18N2. The predicted octanol–water partition coefficient (Wildman–Crippen LogP) is 4.02. The summed E-state index contributed by atoms with van der Waals surface area (Å²) < 4.78 is 0. The molecule has 0 heterocycles. The highest BCUT2D eigenvalue weighted by Crippen LogP contribution is 2.66. The van der Waals surface area contributed by atoms with Crippen LogP contribution in [-0.4, -0.2) is 0 Å². The average molecular weight is 238 g/mol. The zero-order valence-corrected chi connectivity index (χ0v) is 10.7. The highest BCUT2D eigenvalue weighted by Gasteiger charge is 2.56. The van der Waals surface area contributed by atoms with Gasteiger partial charge < -0.3 is 0 Å². The molecule has 3 aliphatic carbocycles. The monoisotopic (exact) mass is 238 g/mol. The van der Waals surface area contributed by atoms with E-state index < -0.39 is 0 Å². The molecule has 18 heavy (non-hydrogen) atoms. The van der Waals surface area contributed by atoms with Crippen LogP contribution in [0, 0.1) is 33.5 Å². The molecule has 1 fully saturated rings. The van der Waals surface area contributed by atoms with E-state index in [1.54, 1.807) is 0 Å². The standard InChI is InChI=1S/C16H18N2/c17-11-13-3-1-5-15(9-13)7-8-16(15)6-2-4-14(10-16)12-18/h9-10H,1-8H2/t15-,16-/m1/s1. The van der Waals surface area contributed by atoms with Gasteiger partial charge in [-0.3, -0.25) is 0 Å². The van der Waals surface area contributed by atoms with Gasteiger partial charge in [0.1, 0.15) is 0 Å². The quantitative estimate of drug-likeness (QED) is 0.640. The summed E-state index contributed by atoms with van der Waals surface area (Å²) in [5.74, 6) is 0. The lowest BCUT2D eigenvalue weighted by Crippen LogP contribution is -2.50. The number of hydrogen-bond acceptors (Lipinski definition) is 2. The third-order valence-electron chi connectivity index (χ3n) is 5.34. The lowest BCUT2D eigenvalue weighted by Gasteiger charge is -2.60. The summed E-state index contributed by atoms with van der Waals surface area (Å²) in [6.07, 6.45) is 13.5. The van der Waals surface area contributed by atoms with Crippen molar-refractivity contribution in [1.82, 2.24) is 0 Å². The number of nitrogens with zero attached hydrogens (tertiary/aromatic N) is 2. The van der Waals surface area contributed by atoms with Gasteiger partial charge in [-0.1, -0.05) is 12.2 Å². The molecule has 2 atom stereocenters. The van der Waals surface area contributed by atoms with Gasteiger partial charge in [0.05, 0.1) is 12.1 Å². The normalized spacial score (nSPS) is 38.3. The lowest BCUT2D eigenvalue weighted by molar-refractivity contribution is -0.0216. The molecule has 0 saturated heterocycles. The summed E-state index contributed by atoms with van der Waals surface area (Å²) in [4.78, 5) is 0. The predicted molar refractivity (Wildman–Crippen MR) is 69.2 cm³/mol. The molecule has 2 nitrogen and oxygen atoms in total. The first-order valence-corrected chi connectivity index (χ1v) is 6.97. The van der Waals surface area contributed by atoms with E-state index in [4.69, 9.17) is 10.5 Å². The molecule has 0 aromatic rings. The molecule has 0 aromatic heterocycles. The molecule has 0 amide bonds. The molecule has 0 aromatic carbocycles. The molecule has 0 aliphatic heterocycles. The van der Waals surface area contributed by atoms with Crippen LogP contribution in [0.1, 0.15) is 51.4 Å². The van der Waals surface area contributed by atoms with Crippen molar-refractivity contribution < 1.29 is 0 Å². The van der Waals surface area contributed by atoms with E-state index in [1.165, 1.54) is 25.7 Å². The van der Waals surface area contributed by atoms with Gasteiger partial charge in [-0.05, 0) is 62.2 Å². The van der Waals surface area contributed by atoms with Crippen LogP contribution in [0.25, 0.3) is 0 Å². The van der Waals surface area contributed by atoms with Crippen molar-refractivity contribution in [3.8, 4) is 12.1 Å². The lowest BCUT2D eigenvalue weighted by atomic mass is 9.43. The van der Waals surface area contributed by atoms with E-state index in [0.717, 1.165) is 36.8 Å². The second-order valence-corrected chi connectivity index (χ2v) is 6.08. The number of hydrogen-bond donors (Lipinski definition) is 0. The molecule has 0 unspecified atom stereocenters. The molecule has 2 spiro atoms. The minimum atomic E-state index is 0.207. The highest BCUT2D eigenvalue weighted by molar-refractivity contribution is 5.37. The maximum atomic E-state index is 9.14. The molecule has 92 valence electrons. The second kappa shape index (κ2) is 3.99.